The van der Waals surface area contributed by atoms with Crippen LogP contribution in [0.2, 0.25) is 0 Å². The van der Waals surface area contributed by atoms with Crippen molar-refractivity contribution in [1.82, 2.24) is 14.6 Å². The minimum Gasteiger partial charge on any atom is -0.497 e. The van der Waals surface area contributed by atoms with E-state index in [4.69, 9.17) is 9.15 Å². The molecule has 0 radical (unpaired) electrons. The summed E-state index contributed by atoms with van der Waals surface area (Å²) in [6.45, 7) is 1.82. The Hall–Kier alpha value is -2.99. The number of fused-ring (bicyclic) bond motifs is 3. The molecule has 11 heteroatoms. The van der Waals surface area contributed by atoms with E-state index in [2.05, 4.69) is 10.3 Å². The number of nitrogens with one attached hydrogen (secondary N) is 1. The fraction of sp³-hybridized carbons (Fsp3) is 0.227. The van der Waals surface area contributed by atoms with E-state index in [1.54, 1.807) is 24.3 Å². The molecule has 0 unspecified atom stereocenters. The van der Waals surface area contributed by atoms with Crippen molar-refractivity contribution in [3.8, 4) is 5.75 Å². The van der Waals surface area contributed by atoms with E-state index in [0.29, 0.717) is 42.7 Å². The van der Waals surface area contributed by atoms with Gasteiger partial charge in [0, 0.05) is 43.0 Å². The third-order valence-corrected chi connectivity index (χ3v) is 9.10. The number of sulfone groups is 1. The third kappa shape index (κ3) is 3.66. The summed E-state index contributed by atoms with van der Waals surface area (Å²) in [6.07, 6.45) is 0. The van der Waals surface area contributed by atoms with Crippen LogP contribution in [0.25, 0.3) is 21.9 Å². The maximum Gasteiger partial charge on any atom is 0.321 e. The molecule has 5 rings (SSSR count). The van der Waals surface area contributed by atoms with Crippen LogP contribution >= 0.6 is 0 Å². The Morgan fingerprint density at radius 2 is 1.64 bits per heavy atom. The van der Waals surface area contributed by atoms with Crippen molar-refractivity contribution in [2.45, 2.75) is 15.0 Å². The molecule has 1 aromatic heterocycles. The van der Waals surface area contributed by atoms with Crippen LogP contribution in [-0.4, -0.2) is 59.4 Å². The molecular weight excluding hydrogens is 466 g/mol. The highest BCUT2D eigenvalue weighted by Gasteiger charge is 2.31. The van der Waals surface area contributed by atoms with Gasteiger partial charge in [0.15, 0.2) is 5.58 Å². The van der Waals surface area contributed by atoms with E-state index in [9.17, 15) is 16.8 Å². The summed E-state index contributed by atoms with van der Waals surface area (Å²) in [6, 6.07) is 14.1. The second-order valence-corrected chi connectivity index (χ2v) is 11.3. The van der Waals surface area contributed by atoms with Gasteiger partial charge in [-0.1, -0.05) is 24.3 Å². The summed E-state index contributed by atoms with van der Waals surface area (Å²) in [7, 11) is -6.40. The van der Waals surface area contributed by atoms with E-state index in [1.165, 1.54) is 41.7 Å². The second kappa shape index (κ2) is 8.10. The van der Waals surface area contributed by atoms with E-state index in [-0.39, 0.29) is 20.9 Å². The Kier molecular flexibility index (Phi) is 5.36. The third-order valence-electron chi connectivity index (χ3n) is 5.64. The molecule has 9 nitrogen and oxygen atoms in total. The number of methoxy groups -OCH3 is 1. The molecule has 0 atom stereocenters. The first-order valence-electron chi connectivity index (χ1n) is 10.2. The van der Waals surface area contributed by atoms with Gasteiger partial charge >= 0.3 is 5.22 Å². The van der Waals surface area contributed by atoms with Crippen molar-refractivity contribution in [2.24, 2.45) is 0 Å². The van der Waals surface area contributed by atoms with Gasteiger partial charge in [0.25, 0.3) is 9.84 Å². The smallest absolute Gasteiger partial charge is 0.321 e. The molecule has 0 saturated carbocycles. The predicted octanol–water partition coefficient (Wildman–Crippen LogP) is 2.42. The highest BCUT2D eigenvalue weighted by atomic mass is 32.2. The van der Waals surface area contributed by atoms with E-state index >= 15 is 0 Å². The maximum absolute atomic E-state index is 13.4. The van der Waals surface area contributed by atoms with E-state index in [1.807, 2.05) is 0 Å². The van der Waals surface area contributed by atoms with E-state index in [0.717, 1.165) is 0 Å². The minimum absolute atomic E-state index is 0.00664. The first-order valence-corrected chi connectivity index (χ1v) is 13.2. The molecule has 172 valence electrons. The van der Waals surface area contributed by atoms with Crippen LogP contribution in [-0.2, 0) is 19.9 Å². The molecule has 1 fully saturated rings. The fourth-order valence-electron chi connectivity index (χ4n) is 3.91. The van der Waals surface area contributed by atoms with Crippen molar-refractivity contribution < 1.29 is 26.0 Å². The Morgan fingerprint density at radius 1 is 0.970 bits per heavy atom. The molecule has 1 N–H and O–H groups in total. The topological polar surface area (TPSA) is 119 Å². The van der Waals surface area contributed by atoms with Crippen molar-refractivity contribution in [1.29, 1.82) is 0 Å². The van der Waals surface area contributed by atoms with Crippen molar-refractivity contribution in [3.63, 3.8) is 0 Å². The zero-order chi connectivity index (χ0) is 23.2. The average molecular weight is 488 g/mol. The lowest BCUT2D eigenvalue weighted by molar-refractivity contribution is 0.360. The SMILES string of the molecule is COc1ccc(S(=O)(=O)c2nc3c(cc(S(=O)(=O)N4CCNCC4)c4ccccc43)o2)cc1. The number of aromatic nitrogens is 1. The molecule has 1 aliphatic heterocycles. The van der Waals surface area contributed by atoms with Gasteiger partial charge in [-0.15, -0.1) is 0 Å². The highest BCUT2D eigenvalue weighted by Crippen LogP contribution is 2.35. The number of ether oxygens (including phenoxy) is 1. The maximum atomic E-state index is 13.4. The summed E-state index contributed by atoms with van der Waals surface area (Å²) in [5.74, 6) is 0.514. The molecule has 0 amide bonds. The average Bonchev–Trinajstić information content (AvgIpc) is 3.30. The molecule has 0 spiro atoms. The number of oxazole rings is 1. The quantitative estimate of drug-likeness (QED) is 0.456. The Balaban J connectivity index is 1.69. The van der Waals surface area contributed by atoms with Crippen LogP contribution in [0.3, 0.4) is 0 Å². The summed E-state index contributed by atoms with van der Waals surface area (Å²) in [4.78, 5) is 4.32. The standard InChI is InChI=1S/C22H21N3O6S2/c1-30-15-6-8-16(9-7-15)32(26,27)22-24-21-18-5-3-2-4-17(18)20(14-19(21)31-22)33(28,29)25-12-10-23-11-13-25/h2-9,14,23H,10-13H2,1H3. The lowest BCUT2D eigenvalue weighted by atomic mass is 10.1. The first-order chi connectivity index (χ1) is 15.8. The molecule has 3 aromatic carbocycles. The van der Waals surface area contributed by atoms with Crippen LogP contribution in [0, 0.1) is 0 Å². The minimum atomic E-state index is -4.06. The number of piperazine rings is 1. The van der Waals surface area contributed by atoms with Crippen molar-refractivity contribution in [2.75, 3.05) is 33.3 Å². The highest BCUT2D eigenvalue weighted by molar-refractivity contribution is 7.91. The van der Waals surface area contributed by atoms with Gasteiger partial charge in [0.1, 0.15) is 11.3 Å². The van der Waals surface area contributed by atoms with Crippen molar-refractivity contribution >= 4 is 41.7 Å². The summed E-state index contributed by atoms with van der Waals surface area (Å²) in [5, 5.41) is 3.61. The number of benzene rings is 3. The van der Waals surface area contributed by atoms with Gasteiger partial charge in [-0.25, -0.2) is 16.8 Å². The fourth-order valence-corrected chi connectivity index (χ4v) is 6.67. The monoisotopic (exact) mass is 487 g/mol. The van der Waals surface area contributed by atoms with Gasteiger partial charge in [-0.05, 0) is 24.3 Å². The summed E-state index contributed by atoms with van der Waals surface area (Å²) < 4.78 is 65.3. The molecule has 33 heavy (non-hydrogen) atoms. The summed E-state index contributed by atoms with van der Waals surface area (Å²) in [5.41, 5.74) is 0.381. The van der Waals surface area contributed by atoms with Crippen LogP contribution in [0.1, 0.15) is 0 Å². The van der Waals surface area contributed by atoms with Gasteiger partial charge < -0.3 is 14.5 Å². The number of sulfonamides is 1. The van der Waals surface area contributed by atoms with Crippen LogP contribution in [0.4, 0.5) is 0 Å². The number of hydrogen-bond acceptors (Lipinski definition) is 8. The lowest BCUT2D eigenvalue weighted by Gasteiger charge is -2.27. The van der Waals surface area contributed by atoms with Crippen molar-refractivity contribution in [3.05, 3.63) is 54.6 Å². The number of nitrogens with zero attached hydrogens (tertiary/aromatic N) is 2. The van der Waals surface area contributed by atoms with Crippen LogP contribution < -0.4 is 10.1 Å². The Morgan fingerprint density at radius 3 is 2.30 bits per heavy atom. The van der Waals surface area contributed by atoms with Gasteiger partial charge in [0.05, 0.1) is 16.9 Å². The molecule has 4 aromatic rings. The summed E-state index contributed by atoms with van der Waals surface area (Å²) >= 11 is 0. The number of rotatable bonds is 5. The van der Waals surface area contributed by atoms with Gasteiger partial charge in [-0.3, -0.25) is 0 Å². The van der Waals surface area contributed by atoms with E-state index < -0.39 is 25.1 Å². The number of hydrogen-bond donors (Lipinski definition) is 1. The Labute approximate surface area is 190 Å². The molecule has 1 saturated heterocycles. The van der Waals surface area contributed by atoms with Crippen LogP contribution in [0.15, 0.2) is 74.0 Å². The second-order valence-electron chi connectivity index (χ2n) is 7.58. The first kappa shape index (κ1) is 21.8. The zero-order valence-electron chi connectivity index (χ0n) is 17.7. The van der Waals surface area contributed by atoms with Crippen LogP contribution in [0.5, 0.6) is 5.75 Å². The lowest BCUT2D eigenvalue weighted by Crippen LogP contribution is -2.46. The predicted molar refractivity (Wildman–Crippen MR) is 122 cm³/mol. The molecule has 0 bridgehead atoms. The molecule has 1 aliphatic rings. The molecular formula is C22H21N3O6S2. The normalized spacial score (nSPS) is 15.8. The molecule has 0 aliphatic carbocycles. The largest absolute Gasteiger partial charge is 0.497 e. The zero-order valence-corrected chi connectivity index (χ0v) is 19.3. The molecule has 2 heterocycles. The Bertz CT molecular complexity index is 1560. The van der Waals surface area contributed by atoms with Gasteiger partial charge in [-0.2, -0.15) is 9.29 Å². The van der Waals surface area contributed by atoms with Gasteiger partial charge in [0.2, 0.25) is 10.0 Å².